The summed E-state index contributed by atoms with van der Waals surface area (Å²) in [5.41, 5.74) is 2.97. The minimum absolute atomic E-state index is 0.216. The molecule has 1 N–H and O–H groups in total. The van der Waals surface area contributed by atoms with E-state index in [1.807, 2.05) is 33.8 Å². The molecule has 0 saturated heterocycles. The molecule has 0 aliphatic carbocycles. The van der Waals surface area contributed by atoms with Gasteiger partial charge in [-0.1, -0.05) is 50.1 Å². The Bertz CT molecular complexity index is 912. The van der Waals surface area contributed by atoms with Crippen LogP contribution in [0, 0.1) is 19.8 Å². The largest absolute Gasteiger partial charge is 0.323 e. The van der Waals surface area contributed by atoms with Crippen molar-refractivity contribution in [1.29, 1.82) is 0 Å². The van der Waals surface area contributed by atoms with Crippen LogP contribution in [0.4, 0.5) is 5.69 Å². The van der Waals surface area contributed by atoms with Crippen molar-refractivity contribution in [2.75, 3.05) is 5.32 Å². The van der Waals surface area contributed by atoms with Gasteiger partial charge in [0.05, 0.1) is 21.8 Å². The molecular formula is C22H23ClN2O3. The van der Waals surface area contributed by atoms with Gasteiger partial charge in [0.2, 0.25) is 5.91 Å². The van der Waals surface area contributed by atoms with E-state index in [4.69, 9.17) is 11.6 Å². The zero-order valence-electron chi connectivity index (χ0n) is 16.4. The second-order valence-corrected chi connectivity index (χ2v) is 7.69. The average molecular weight is 399 g/mol. The van der Waals surface area contributed by atoms with E-state index in [9.17, 15) is 14.4 Å². The number of amides is 3. The zero-order chi connectivity index (χ0) is 20.6. The minimum Gasteiger partial charge on any atom is -0.323 e. The molecule has 5 nitrogen and oxygen atoms in total. The Kier molecular flexibility index (Phi) is 5.57. The summed E-state index contributed by atoms with van der Waals surface area (Å²) in [7, 11) is 0. The number of aryl methyl sites for hydroxylation is 2. The predicted molar refractivity (Wildman–Crippen MR) is 110 cm³/mol. The molecule has 0 spiro atoms. The summed E-state index contributed by atoms with van der Waals surface area (Å²) in [5.74, 6) is -1.51. The zero-order valence-corrected chi connectivity index (χ0v) is 17.1. The van der Waals surface area contributed by atoms with Crippen molar-refractivity contribution in [3.8, 4) is 0 Å². The molecule has 146 valence electrons. The van der Waals surface area contributed by atoms with E-state index in [-0.39, 0.29) is 5.92 Å². The van der Waals surface area contributed by atoms with Crippen LogP contribution in [0.1, 0.15) is 52.1 Å². The highest BCUT2D eigenvalue weighted by Crippen LogP contribution is 2.31. The van der Waals surface area contributed by atoms with Crippen molar-refractivity contribution < 1.29 is 14.4 Å². The maximum atomic E-state index is 13.2. The van der Waals surface area contributed by atoms with Gasteiger partial charge in [0.1, 0.15) is 6.04 Å². The van der Waals surface area contributed by atoms with E-state index in [1.54, 1.807) is 30.3 Å². The average Bonchev–Trinajstić information content (AvgIpc) is 2.90. The van der Waals surface area contributed by atoms with Crippen molar-refractivity contribution in [2.45, 2.75) is 40.2 Å². The third-order valence-electron chi connectivity index (χ3n) is 5.24. The van der Waals surface area contributed by atoms with Crippen molar-refractivity contribution in [1.82, 2.24) is 4.90 Å². The van der Waals surface area contributed by atoms with E-state index >= 15 is 0 Å². The number of rotatable bonds is 5. The van der Waals surface area contributed by atoms with Gasteiger partial charge in [-0.15, -0.1) is 0 Å². The molecule has 3 amide bonds. The van der Waals surface area contributed by atoms with Crippen molar-refractivity contribution >= 4 is 35.0 Å². The van der Waals surface area contributed by atoms with Crippen LogP contribution in [-0.4, -0.2) is 28.7 Å². The number of carbonyl (C=O) groups is 3. The normalized spacial score (nSPS) is 15.4. The Hall–Kier alpha value is -2.66. The third-order valence-corrected chi connectivity index (χ3v) is 5.53. The van der Waals surface area contributed by atoms with Gasteiger partial charge in [-0.05, 0) is 49.1 Å². The molecule has 1 aliphatic rings. The number of benzene rings is 2. The van der Waals surface area contributed by atoms with Gasteiger partial charge in [0.25, 0.3) is 11.8 Å². The lowest BCUT2D eigenvalue weighted by Crippen LogP contribution is -2.50. The summed E-state index contributed by atoms with van der Waals surface area (Å²) in [5, 5.41) is 3.28. The second-order valence-electron chi connectivity index (χ2n) is 7.28. The van der Waals surface area contributed by atoms with Crippen molar-refractivity contribution in [3.05, 3.63) is 63.7 Å². The molecule has 2 atom stereocenters. The second kappa shape index (κ2) is 7.76. The maximum absolute atomic E-state index is 13.2. The molecule has 28 heavy (non-hydrogen) atoms. The van der Waals surface area contributed by atoms with Gasteiger partial charge >= 0.3 is 0 Å². The van der Waals surface area contributed by atoms with E-state index in [0.29, 0.717) is 28.3 Å². The Morgan fingerprint density at radius 3 is 2.18 bits per heavy atom. The van der Waals surface area contributed by atoms with Crippen LogP contribution < -0.4 is 5.32 Å². The number of nitrogens with one attached hydrogen (secondary N) is 1. The Labute approximate surface area is 169 Å². The van der Waals surface area contributed by atoms with E-state index < -0.39 is 23.8 Å². The molecule has 0 radical (unpaired) electrons. The number of imide groups is 1. The molecule has 1 aliphatic heterocycles. The first-order valence-electron chi connectivity index (χ1n) is 9.30. The number of halogens is 1. The van der Waals surface area contributed by atoms with E-state index in [0.717, 1.165) is 16.0 Å². The number of carbonyl (C=O) groups excluding carboxylic acids is 3. The number of nitrogens with zero attached hydrogens (tertiary/aromatic N) is 1. The Morgan fingerprint density at radius 2 is 1.68 bits per heavy atom. The molecule has 6 heteroatoms. The van der Waals surface area contributed by atoms with Gasteiger partial charge in [-0.2, -0.15) is 0 Å². The predicted octanol–water partition coefficient (Wildman–Crippen LogP) is 4.61. The fraction of sp³-hybridized carbons (Fsp3) is 0.318. The summed E-state index contributed by atoms with van der Waals surface area (Å²) in [6.07, 6.45) is 0.631. The minimum atomic E-state index is -0.922. The standard InChI is InChI=1S/C22H23ClN2O3/c1-5-13(3)19(20(26)24-18-14(4)10-12(2)11-17(18)23)25-21(27)15-8-6-7-9-16(15)22(25)28/h6-11,13,19H,5H2,1-4H3,(H,24,26). The van der Waals surface area contributed by atoms with Crippen LogP contribution in [0.15, 0.2) is 36.4 Å². The van der Waals surface area contributed by atoms with Gasteiger partial charge in [-0.3, -0.25) is 19.3 Å². The smallest absolute Gasteiger partial charge is 0.262 e. The summed E-state index contributed by atoms with van der Waals surface area (Å²) in [6, 6.07) is 9.41. The fourth-order valence-corrected chi connectivity index (χ4v) is 3.95. The molecule has 0 fully saturated rings. The summed E-state index contributed by atoms with van der Waals surface area (Å²) in [4.78, 5) is 40.1. The quantitative estimate of drug-likeness (QED) is 0.748. The van der Waals surface area contributed by atoms with Gasteiger partial charge in [-0.25, -0.2) is 0 Å². The Balaban J connectivity index is 1.97. The number of hydrogen-bond acceptors (Lipinski definition) is 3. The first kappa shape index (κ1) is 20.1. The van der Waals surface area contributed by atoms with Crippen LogP contribution in [-0.2, 0) is 4.79 Å². The summed E-state index contributed by atoms with van der Waals surface area (Å²) in [6.45, 7) is 7.56. The third kappa shape index (κ3) is 3.42. The highest BCUT2D eigenvalue weighted by atomic mass is 35.5. The highest BCUT2D eigenvalue weighted by molar-refractivity contribution is 6.34. The van der Waals surface area contributed by atoms with E-state index in [1.165, 1.54) is 0 Å². The lowest BCUT2D eigenvalue weighted by Gasteiger charge is -2.30. The molecule has 1 heterocycles. The van der Waals surface area contributed by atoms with Crippen LogP contribution in [0.25, 0.3) is 0 Å². The topological polar surface area (TPSA) is 66.5 Å². The highest BCUT2D eigenvalue weighted by Gasteiger charge is 2.44. The fourth-order valence-electron chi connectivity index (χ4n) is 3.59. The number of anilines is 1. The first-order valence-corrected chi connectivity index (χ1v) is 9.68. The summed E-state index contributed by atoms with van der Waals surface area (Å²) < 4.78 is 0. The van der Waals surface area contributed by atoms with Crippen LogP contribution in [0.2, 0.25) is 5.02 Å². The van der Waals surface area contributed by atoms with Crippen molar-refractivity contribution in [2.24, 2.45) is 5.92 Å². The van der Waals surface area contributed by atoms with Gasteiger partial charge < -0.3 is 5.32 Å². The number of hydrogen-bond donors (Lipinski definition) is 1. The Morgan fingerprint density at radius 1 is 1.11 bits per heavy atom. The SMILES string of the molecule is CCC(C)C(C(=O)Nc1c(C)cc(C)cc1Cl)N1C(=O)c2ccccc2C1=O. The number of fused-ring (bicyclic) bond motifs is 1. The van der Waals surface area contributed by atoms with Crippen molar-refractivity contribution in [3.63, 3.8) is 0 Å². The summed E-state index contributed by atoms with van der Waals surface area (Å²) >= 11 is 6.32. The van der Waals surface area contributed by atoms with Crippen LogP contribution >= 0.6 is 11.6 Å². The molecule has 0 aromatic heterocycles. The lowest BCUT2D eigenvalue weighted by molar-refractivity contribution is -0.121. The molecule has 3 rings (SSSR count). The molecule has 0 bridgehead atoms. The molecule has 2 unspecified atom stereocenters. The molecular weight excluding hydrogens is 376 g/mol. The van der Waals surface area contributed by atoms with Gasteiger partial charge in [0, 0.05) is 0 Å². The molecule has 2 aromatic rings. The lowest BCUT2D eigenvalue weighted by atomic mass is 9.96. The first-order chi connectivity index (χ1) is 13.3. The van der Waals surface area contributed by atoms with Crippen LogP contribution in [0.3, 0.4) is 0 Å². The monoisotopic (exact) mass is 398 g/mol. The van der Waals surface area contributed by atoms with Crippen LogP contribution in [0.5, 0.6) is 0 Å². The maximum Gasteiger partial charge on any atom is 0.262 e. The van der Waals surface area contributed by atoms with E-state index in [2.05, 4.69) is 5.32 Å². The molecule has 0 saturated carbocycles. The molecule has 2 aromatic carbocycles. The van der Waals surface area contributed by atoms with Gasteiger partial charge in [0.15, 0.2) is 0 Å².